The molecule has 3 nitrogen and oxygen atoms in total. The Bertz CT molecular complexity index is 462. The van der Waals surface area contributed by atoms with Gasteiger partial charge in [-0.25, -0.2) is 4.98 Å². The summed E-state index contributed by atoms with van der Waals surface area (Å²) in [6.45, 7) is 0. The predicted octanol–water partition coefficient (Wildman–Crippen LogP) is 2.26. The van der Waals surface area contributed by atoms with Crippen LogP contribution in [0.1, 0.15) is 4.88 Å². The minimum absolute atomic E-state index is 0.239. The van der Waals surface area contributed by atoms with Crippen LogP contribution < -0.4 is 0 Å². The van der Waals surface area contributed by atoms with Gasteiger partial charge in [0.2, 0.25) is 0 Å². The molecule has 1 heterocycles. The van der Waals surface area contributed by atoms with E-state index in [1.807, 2.05) is 0 Å². The fourth-order valence-electron chi connectivity index (χ4n) is 1.22. The van der Waals surface area contributed by atoms with E-state index in [4.69, 9.17) is 5.11 Å². The number of carbonyl (C=O) groups excluding carboxylic acids is 1. The lowest BCUT2D eigenvalue weighted by Gasteiger charge is -1.95. The van der Waals surface area contributed by atoms with Crippen LogP contribution in [0.4, 0.5) is 0 Å². The van der Waals surface area contributed by atoms with Crippen molar-refractivity contribution < 1.29 is 9.90 Å². The number of aldehydes is 1. The Morgan fingerprint density at radius 1 is 1.33 bits per heavy atom. The SMILES string of the molecule is O=CCc1cnc(-c2ccc(O)cc2)s1. The molecule has 0 saturated carbocycles. The molecule has 0 amide bonds. The van der Waals surface area contributed by atoms with Gasteiger partial charge in [0.1, 0.15) is 17.0 Å². The average molecular weight is 219 g/mol. The second kappa shape index (κ2) is 4.23. The van der Waals surface area contributed by atoms with Gasteiger partial charge in [0.15, 0.2) is 0 Å². The molecule has 0 spiro atoms. The van der Waals surface area contributed by atoms with Crippen molar-refractivity contribution in [2.75, 3.05) is 0 Å². The monoisotopic (exact) mass is 219 g/mol. The molecule has 0 radical (unpaired) electrons. The van der Waals surface area contributed by atoms with E-state index in [1.165, 1.54) is 11.3 Å². The second-order valence-electron chi connectivity index (χ2n) is 3.05. The molecule has 0 atom stereocenters. The van der Waals surface area contributed by atoms with Crippen molar-refractivity contribution in [3.63, 3.8) is 0 Å². The van der Waals surface area contributed by atoms with E-state index in [9.17, 15) is 4.79 Å². The number of carbonyl (C=O) groups is 1. The summed E-state index contributed by atoms with van der Waals surface area (Å²) in [5, 5.41) is 10.00. The van der Waals surface area contributed by atoms with Crippen LogP contribution in [-0.4, -0.2) is 16.4 Å². The van der Waals surface area contributed by atoms with Crippen LogP contribution in [0.5, 0.6) is 5.75 Å². The molecule has 0 aliphatic rings. The lowest BCUT2D eigenvalue weighted by Crippen LogP contribution is -1.76. The van der Waals surface area contributed by atoms with Gasteiger partial charge in [-0.3, -0.25) is 0 Å². The summed E-state index contributed by atoms with van der Waals surface area (Å²) in [5.74, 6) is 0.239. The normalized spacial score (nSPS) is 10.1. The topological polar surface area (TPSA) is 50.2 Å². The van der Waals surface area contributed by atoms with E-state index >= 15 is 0 Å². The predicted molar refractivity (Wildman–Crippen MR) is 59.0 cm³/mol. The molecule has 1 aromatic heterocycles. The Hall–Kier alpha value is -1.68. The number of phenolic OH excluding ortho intramolecular Hbond substituents is 1. The van der Waals surface area contributed by atoms with Crippen LogP contribution in [0.15, 0.2) is 30.5 Å². The highest BCUT2D eigenvalue weighted by molar-refractivity contribution is 7.15. The van der Waals surface area contributed by atoms with Gasteiger partial charge in [0, 0.05) is 23.1 Å². The van der Waals surface area contributed by atoms with E-state index < -0.39 is 0 Å². The molecule has 0 aliphatic heterocycles. The van der Waals surface area contributed by atoms with Crippen LogP contribution in [0.2, 0.25) is 0 Å². The third kappa shape index (κ3) is 2.22. The molecular weight excluding hydrogens is 210 g/mol. The summed E-state index contributed by atoms with van der Waals surface area (Å²) >= 11 is 1.49. The van der Waals surface area contributed by atoms with Gasteiger partial charge in [-0.05, 0) is 24.3 Å². The van der Waals surface area contributed by atoms with Crippen LogP contribution in [0.3, 0.4) is 0 Å². The van der Waals surface area contributed by atoms with Gasteiger partial charge in [-0.15, -0.1) is 11.3 Å². The van der Waals surface area contributed by atoms with Crippen molar-refractivity contribution >= 4 is 17.6 Å². The molecule has 0 saturated heterocycles. The van der Waals surface area contributed by atoms with Gasteiger partial charge in [0.05, 0.1) is 0 Å². The van der Waals surface area contributed by atoms with Crippen LogP contribution in [0.25, 0.3) is 10.6 Å². The molecule has 0 unspecified atom stereocenters. The molecule has 0 aliphatic carbocycles. The van der Waals surface area contributed by atoms with E-state index in [0.717, 1.165) is 21.7 Å². The molecule has 15 heavy (non-hydrogen) atoms. The summed E-state index contributed by atoms with van der Waals surface area (Å²) in [5.41, 5.74) is 0.954. The maximum absolute atomic E-state index is 10.3. The van der Waals surface area contributed by atoms with Crippen molar-refractivity contribution in [3.8, 4) is 16.3 Å². The molecule has 4 heteroatoms. The van der Waals surface area contributed by atoms with Gasteiger partial charge in [0.25, 0.3) is 0 Å². The summed E-state index contributed by atoms with van der Waals surface area (Å²) in [6.07, 6.45) is 2.99. The Morgan fingerprint density at radius 2 is 2.07 bits per heavy atom. The Morgan fingerprint density at radius 3 is 2.73 bits per heavy atom. The third-order valence-corrected chi connectivity index (χ3v) is 3.02. The highest BCUT2D eigenvalue weighted by Gasteiger charge is 2.03. The van der Waals surface area contributed by atoms with E-state index in [2.05, 4.69) is 4.98 Å². The maximum atomic E-state index is 10.3. The zero-order valence-corrected chi connectivity index (χ0v) is 8.70. The zero-order valence-electron chi connectivity index (χ0n) is 7.88. The molecule has 0 bridgehead atoms. The molecule has 1 N–H and O–H groups in total. The van der Waals surface area contributed by atoms with Crippen molar-refractivity contribution in [3.05, 3.63) is 35.3 Å². The van der Waals surface area contributed by atoms with E-state index in [1.54, 1.807) is 30.5 Å². The maximum Gasteiger partial charge on any atom is 0.125 e. The number of hydrogen-bond acceptors (Lipinski definition) is 4. The number of benzene rings is 1. The van der Waals surface area contributed by atoms with Crippen molar-refractivity contribution in [1.82, 2.24) is 4.98 Å². The molecule has 1 aromatic carbocycles. The summed E-state index contributed by atoms with van der Waals surface area (Å²) in [6, 6.07) is 6.85. The number of rotatable bonds is 3. The number of nitrogens with zero attached hydrogens (tertiary/aromatic N) is 1. The summed E-state index contributed by atoms with van der Waals surface area (Å²) in [7, 11) is 0. The first-order chi connectivity index (χ1) is 7.29. The van der Waals surface area contributed by atoms with Gasteiger partial charge in [-0.1, -0.05) is 0 Å². The minimum atomic E-state index is 0.239. The van der Waals surface area contributed by atoms with Gasteiger partial charge < -0.3 is 9.90 Å². The number of aromatic hydroxyl groups is 1. The number of aromatic nitrogens is 1. The molecule has 76 valence electrons. The van der Waals surface area contributed by atoms with E-state index in [-0.39, 0.29) is 5.75 Å². The smallest absolute Gasteiger partial charge is 0.125 e. The van der Waals surface area contributed by atoms with Crippen LogP contribution in [-0.2, 0) is 11.2 Å². The van der Waals surface area contributed by atoms with Crippen molar-refractivity contribution in [1.29, 1.82) is 0 Å². The van der Waals surface area contributed by atoms with Crippen LogP contribution >= 0.6 is 11.3 Å². The number of thiazole rings is 1. The second-order valence-corrected chi connectivity index (χ2v) is 4.16. The van der Waals surface area contributed by atoms with E-state index in [0.29, 0.717) is 6.42 Å². The number of phenols is 1. The zero-order chi connectivity index (χ0) is 10.7. The Balaban J connectivity index is 2.28. The largest absolute Gasteiger partial charge is 0.508 e. The van der Waals surface area contributed by atoms with Crippen molar-refractivity contribution in [2.24, 2.45) is 0 Å². The summed E-state index contributed by atoms with van der Waals surface area (Å²) in [4.78, 5) is 15.5. The highest BCUT2D eigenvalue weighted by Crippen LogP contribution is 2.26. The summed E-state index contributed by atoms with van der Waals surface area (Å²) < 4.78 is 0. The first kappa shape index (κ1) is 9.86. The highest BCUT2D eigenvalue weighted by atomic mass is 32.1. The van der Waals surface area contributed by atoms with Crippen molar-refractivity contribution in [2.45, 2.75) is 6.42 Å². The standard InChI is InChI=1S/C11H9NO2S/c13-6-5-10-7-12-11(15-10)8-1-3-9(14)4-2-8/h1-4,6-7,14H,5H2. The average Bonchev–Trinajstić information content (AvgIpc) is 2.68. The Kier molecular flexibility index (Phi) is 2.78. The van der Waals surface area contributed by atoms with Gasteiger partial charge >= 0.3 is 0 Å². The molecular formula is C11H9NO2S. The lowest BCUT2D eigenvalue weighted by molar-refractivity contribution is -0.107. The number of hydrogen-bond donors (Lipinski definition) is 1. The fourth-order valence-corrected chi connectivity index (χ4v) is 2.09. The first-order valence-corrected chi connectivity index (χ1v) is 5.29. The Labute approximate surface area is 91.0 Å². The van der Waals surface area contributed by atoms with Crippen LogP contribution in [0, 0.1) is 0 Å². The third-order valence-electron chi connectivity index (χ3n) is 1.95. The lowest BCUT2D eigenvalue weighted by atomic mass is 10.2. The molecule has 2 aromatic rings. The van der Waals surface area contributed by atoms with Gasteiger partial charge in [-0.2, -0.15) is 0 Å². The quantitative estimate of drug-likeness (QED) is 0.805. The minimum Gasteiger partial charge on any atom is -0.508 e. The first-order valence-electron chi connectivity index (χ1n) is 4.47. The fraction of sp³-hybridized carbons (Fsp3) is 0.0909. The molecule has 0 fully saturated rings. The molecule has 2 rings (SSSR count).